The van der Waals surface area contributed by atoms with Gasteiger partial charge in [0.1, 0.15) is 5.75 Å². The van der Waals surface area contributed by atoms with Gasteiger partial charge in [-0.3, -0.25) is 14.9 Å². The number of nitro benzene ring substituents is 1. The molecule has 0 aromatic heterocycles. The van der Waals surface area contributed by atoms with Crippen LogP contribution in [0.5, 0.6) is 5.75 Å². The molecule has 0 aliphatic heterocycles. The smallest absolute Gasteiger partial charge is 0.307 e. The van der Waals surface area contributed by atoms with Crippen LogP contribution in [0.2, 0.25) is 0 Å². The van der Waals surface area contributed by atoms with Gasteiger partial charge in [-0.15, -0.1) is 0 Å². The van der Waals surface area contributed by atoms with Crippen molar-refractivity contribution in [3.8, 4) is 5.75 Å². The SMILES string of the molecule is CCOC(=O)CC(NS(=O)(=O)c1cc([N+](=O)[O-])ccc1C)c1cccc(OC)c1. The molecule has 0 aliphatic rings. The number of aryl methyl sites for hydroxylation is 1. The molecule has 0 saturated heterocycles. The van der Waals surface area contributed by atoms with E-state index in [1.807, 2.05) is 0 Å². The van der Waals surface area contributed by atoms with Gasteiger partial charge in [-0.25, -0.2) is 13.1 Å². The van der Waals surface area contributed by atoms with E-state index >= 15 is 0 Å². The molecule has 0 radical (unpaired) electrons. The summed E-state index contributed by atoms with van der Waals surface area (Å²) < 4.78 is 38.6. The lowest BCUT2D eigenvalue weighted by Gasteiger charge is -2.20. The van der Waals surface area contributed by atoms with E-state index in [0.717, 1.165) is 6.07 Å². The van der Waals surface area contributed by atoms with Gasteiger partial charge in [-0.2, -0.15) is 0 Å². The third-order valence-electron chi connectivity index (χ3n) is 4.14. The summed E-state index contributed by atoms with van der Waals surface area (Å²) in [6, 6.07) is 9.23. The van der Waals surface area contributed by atoms with Crippen LogP contribution < -0.4 is 9.46 Å². The van der Waals surface area contributed by atoms with Gasteiger partial charge >= 0.3 is 5.97 Å². The fourth-order valence-electron chi connectivity index (χ4n) is 2.72. The Balaban J connectivity index is 2.44. The average molecular weight is 422 g/mol. The number of esters is 1. The van der Waals surface area contributed by atoms with Crippen molar-refractivity contribution in [2.24, 2.45) is 0 Å². The summed E-state index contributed by atoms with van der Waals surface area (Å²) in [4.78, 5) is 22.2. The van der Waals surface area contributed by atoms with Crippen molar-refractivity contribution in [2.75, 3.05) is 13.7 Å². The molecular weight excluding hydrogens is 400 g/mol. The Morgan fingerprint density at radius 1 is 1.24 bits per heavy atom. The Hall–Kier alpha value is -2.98. The van der Waals surface area contributed by atoms with Crippen LogP contribution in [0.1, 0.15) is 30.5 Å². The highest BCUT2D eigenvalue weighted by atomic mass is 32.2. The number of nitro groups is 1. The summed E-state index contributed by atoms with van der Waals surface area (Å²) in [5.74, 6) is -0.0964. The first-order valence-corrected chi connectivity index (χ1v) is 10.2. The molecular formula is C19H22N2O7S. The highest BCUT2D eigenvalue weighted by molar-refractivity contribution is 7.89. The molecule has 156 valence electrons. The minimum absolute atomic E-state index is 0.153. The van der Waals surface area contributed by atoms with Gasteiger partial charge in [-0.1, -0.05) is 18.2 Å². The standard InChI is InChI=1S/C19H22N2O7S/c1-4-28-19(22)12-17(14-6-5-7-16(10-14)27-3)20-29(25,26)18-11-15(21(23)24)9-8-13(18)2/h5-11,17,20H,4,12H2,1-3H3. The molecule has 0 bridgehead atoms. The summed E-state index contributed by atoms with van der Waals surface area (Å²) in [5.41, 5.74) is 0.479. The third kappa shape index (κ3) is 5.75. The largest absolute Gasteiger partial charge is 0.497 e. The first-order valence-electron chi connectivity index (χ1n) is 8.75. The van der Waals surface area contributed by atoms with Crippen molar-refractivity contribution < 1.29 is 27.6 Å². The molecule has 1 atom stereocenters. The van der Waals surface area contributed by atoms with Crippen LogP contribution in [0.25, 0.3) is 0 Å². The van der Waals surface area contributed by atoms with Crippen LogP contribution in [-0.2, 0) is 19.6 Å². The van der Waals surface area contributed by atoms with Gasteiger partial charge in [-0.05, 0) is 37.1 Å². The fourth-order valence-corrected chi connectivity index (χ4v) is 4.20. The Labute approximate surface area is 168 Å². The molecule has 2 aromatic carbocycles. The zero-order chi connectivity index (χ0) is 21.6. The van der Waals surface area contributed by atoms with E-state index in [-0.39, 0.29) is 23.6 Å². The average Bonchev–Trinajstić information content (AvgIpc) is 2.67. The lowest BCUT2D eigenvalue weighted by molar-refractivity contribution is -0.385. The number of non-ortho nitro benzene ring substituents is 1. The van der Waals surface area contributed by atoms with E-state index in [1.54, 1.807) is 31.2 Å². The topological polar surface area (TPSA) is 125 Å². The lowest BCUT2D eigenvalue weighted by Crippen LogP contribution is -2.31. The van der Waals surface area contributed by atoms with Crippen LogP contribution in [0.3, 0.4) is 0 Å². The third-order valence-corrected chi connectivity index (χ3v) is 5.76. The van der Waals surface area contributed by atoms with Crippen LogP contribution in [0.4, 0.5) is 5.69 Å². The molecule has 0 fully saturated rings. The second-order valence-electron chi connectivity index (χ2n) is 6.17. The maximum Gasteiger partial charge on any atom is 0.307 e. The fraction of sp³-hybridized carbons (Fsp3) is 0.316. The summed E-state index contributed by atoms with van der Waals surface area (Å²) in [7, 11) is -2.71. The molecule has 2 aromatic rings. The van der Waals surface area contributed by atoms with Crippen LogP contribution >= 0.6 is 0 Å². The van der Waals surface area contributed by atoms with E-state index in [1.165, 1.54) is 26.2 Å². The van der Waals surface area contributed by atoms with Gasteiger partial charge < -0.3 is 9.47 Å². The number of carbonyl (C=O) groups excluding carboxylic acids is 1. The Morgan fingerprint density at radius 2 is 1.97 bits per heavy atom. The minimum atomic E-state index is -4.18. The zero-order valence-electron chi connectivity index (χ0n) is 16.2. The van der Waals surface area contributed by atoms with Crippen LogP contribution in [-0.4, -0.2) is 33.0 Å². The van der Waals surface area contributed by atoms with Crippen molar-refractivity contribution in [3.63, 3.8) is 0 Å². The Bertz CT molecular complexity index is 1010. The minimum Gasteiger partial charge on any atom is -0.497 e. The van der Waals surface area contributed by atoms with Crippen LogP contribution in [0.15, 0.2) is 47.4 Å². The van der Waals surface area contributed by atoms with Crippen molar-refractivity contribution in [1.82, 2.24) is 4.72 Å². The molecule has 0 spiro atoms. The number of hydrogen-bond acceptors (Lipinski definition) is 7. The van der Waals surface area contributed by atoms with Gasteiger partial charge in [0.05, 0.1) is 36.0 Å². The van der Waals surface area contributed by atoms with E-state index in [9.17, 15) is 23.3 Å². The van der Waals surface area contributed by atoms with E-state index in [0.29, 0.717) is 16.9 Å². The molecule has 0 saturated carbocycles. The lowest BCUT2D eigenvalue weighted by atomic mass is 10.0. The Kier molecular flexibility index (Phi) is 7.29. The number of methoxy groups -OCH3 is 1. The predicted octanol–water partition coefficient (Wildman–Crippen LogP) is 2.88. The number of carbonyl (C=O) groups is 1. The van der Waals surface area contributed by atoms with Gasteiger partial charge in [0.2, 0.25) is 10.0 Å². The number of hydrogen-bond donors (Lipinski definition) is 1. The molecule has 0 amide bonds. The molecule has 29 heavy (non-hydrogen) atoms. The summed E-state index contributed by atoms with van der Waals surface area (Å²) >= 11 is 0. The highest BCUT2D eigenvalue weighted by Gasteiger charge is 2.27. The molecule has 0 heterocycles. The number of benzene rings is 2. The van der Waals surface area contributed by atoms with Gasteiger partial charge in [0.15, 0.2) is 0 Å². The second kappa shape index (κ2) is 9.48. The molecule has 9 nitrogen and oxygen atoms in total. The summed E-state index contributed by atoms with van der Waals surface area (Å²) in [6.45, 7) is 3.33. The summed E-state index contributed by atoms with van der Waals surface area (Å²) in [6.07, 6.45) is -0.256. The molecule has 2 rings (SSSR count). The molecule has 0 aliphatic carbocycles. The molecule has 10 heteroatoms. The van der Waals surface area contributed by atoms with Crippen molar-refractivity contribution in [3.05, 3.63) is 63.7 Å². The van der Waals surface area contributed by atoms with Crippen molar-refractivity contribution >= 4 is 21.7 Å². The van der Waals surface area contributed by atoms with Crippen molar-refractivity contribution in [1.29, 1.82) is 0 Å². The maximum absolute atomic E-state index is 13.0. The number of sulfonamides is 1. The molecule has 1 N–H and O–H groups in total. The highest BCUT2D eigenvalue weighted by Crippen LogP contribution is 2.27. The quantitative estimate of drug-likeness (QED) is 0.374. The Morgan fingerprint density at radius 3 is 2.59 bits per heavy atom. The maximum atomic E-state index is 13.0. The van der Waals surface area contributed by atoms with E-state index < -0.39 is 27.0 Å². The van der Waals surface area contributed by atoms with E-state index in [4.69, 9.17) is 9.47 Å². The number of ether oxygens (including phenoxy) is 2. The number of rotatable bonds is 9. The van der Waals surface area contributed by atoms with Gasteiger partial charge in [0, 0.05) is 12.1 Å². The predicted molar refractivity (Wildman–Crippen MR) is 105 cm³/mol. The van der Waals surface area contributed by atoms with Crippen molar-refractivity contribution in [2.45, 2.75) is 31.2 Å². The second-order valence-corrected chi connectivity index (χ2v) is 7.85. The number of nitrogens with one attached hydrogen (secondary N) is 1. The normalized spacial score (nSPS) is 12.2. The van der Waals surface area contributed by atoms with Crippen LogP contribution in [0, 0.1) is 17.0 Å². The molecule has 1 unspecified atom stereocenters. The zero-order valence-corrected chi connectivity index (χ0v) is 17.1. The first kappa shape index (κ1) is 22.3. The van der Waals surface area contributed by atoms with Gasteiger partial charge in [0.25, 0.3) is 5.69 Å². The first-order chi connectivity index (χ1) is 13.7. The monoisotopic (exact) mass is 422 g/mol. The number of nitrogens with zero attached hydrogens (tertiary/aromatic N) is 1. The van der Waals surface area contributed by atoms with E-state index in [2.05, 4.69) is 4.72 Å². The summed E-state index contributed by atoms with van der Waals surface area (Å²) in [5, 5.41) is 11.0.